The molecule has 96 valence electrons. The fourth-order valence-corrected chi connectivity index (χ4v) is 2.21. The van der Waals surface area contributed by atoms with Gasteiger partial charge in [-0.2, -0.15) is 0 Å². The molecule has 1 atom stereocenters. The second-order valence-corrected chi connectivity index (χ2v) is 4.90. The number of nitrogens with one attached hydrogen (secondary N) is 1. The molecule has 0 amide bonds. The smallest absolute Gasteiger partial charge is 0.126 e. The topological polar surface area (TPSA) is 21.3 Å². The van der Waals surface area contributed by atoms with Crippen molar-refractivity contribution in [2.24, 2.45) is 0 Å². The Labute approximate surface area is 111 Å². The van der Waals surface area contributed by atoms with Gasteiger partial charge in [0.2, 0.25) is 0 Å². The van der Waals surface area contributed by atoms with Crippen LogP contribution in [0.15, 0.2) is 22.7 Å². The van der Waals surface area contributed by atoms with Crippen LogP contribution >= 0.6 is 15.9 Å². The van der Waals surface area contributed by atoms with Gasteiger partial charge in [-0.25, -0.2) is 4.39 Å². The molecule has 0 radical (unpaired) electrons. The monoisotopic (exact) mass is 303 g/mol. The fraction of sp³-hybridized carbons (Fsp3) is 0.538. The molecule has 1 aromatic rings. The number of halogens is 2. The van der Waals surface area contributed by atoms with Crippen molar-refractivity contribution < 1.29 is 9.13 Å². The summed E-state index contributed by atoms with van der Waals surface area (Å²) < 4.78 is 19.6. The molecular weight excluding hydrogens is 285 g/mol. The van der Waals surface area contributed by atoms with E-state index in [2.05, 4.69) is 28.2 Å². The summed E-state index contributed by atoms with van der Waals surface area (Å²) in [6.45, 7) is 3.61. The Hall–Kier alpha value is -0.450. The highest BCUT2D eigenvalue weighted by Gasteiger charge is 2.09. The van der Waals surface area contributed by atoms with Crippen LogP contribution in [0.25, 0.3) is 0 Å². The zero-order valence-corrected chi connectivity index (χ0v) is 11.9. The van der Waals surface area contributed by atoms with E-state index in [1.165, 1.54) is 6.07 Å². The molecule has 0 bridgehead atoms. The van der Waals surface area contributed by atoms with Gasteiger partial charge in [0.25, 0.3) is 0 Å². The molecule has 0 fully saturated rings. The van der Waals surface area contributed by atoms with Gasteiger partial charge in [-0.3, -0.25) is 0 Å². The van der Waals surface area contributed by atoms with Crippen molar-refractivity contribution in [3.8, 4) is 0 Å². The summed E-state index contributed by atoms with van der Waals surface area (Å²) in [4.78, 5) is 0. The van der Waals surface area contributed by atoms with E-state index in [4.69, 9.17) is 4.74 Å². The molecule has 0 aliphatic carbocycles. The molecule has 0 heterocycles. The Morgan fingerprint density at radius 3 is 2.88 bits per heavy atom. The SMILES string of the molecule is CCNC(CCc1cc(Br)ccc1F)COC. The number of ether oxygens (including phenoxy) is 1. The Morgan fingerprint density at radius 2 is 2.24 bits per heavy atom. The minimum Gasteiger partial charge on any atom is -0.383 e. The van der Waals surface area contributed by atoms with E-state index in [0.717, 1.165) is 23.0 Å². The van der Waals surface area contributed by atoms with Crippen molar-refractivity contribution in [1.82, 2.24) is 5.32 Å². The van der Waals surface area contributed by atoms with Crippen LogP contribution < -0.4 is 5.32 Å². The van der Waals surface area contributed by atoms with E-state index in [0.29, 0.717) is 13.0 Å². The minimum atomic E-state index is -0.138. The molecule has 0 saturated carbocycles. The number of hydrogen-bond acceptors (Lipinski definition) is 2. The molecule has 1 rings (SSSR count). The van der Waals surface area contributed by atoms with Gasteiger partial charge >= 0.3 is 0 Å². The zero-order chi connectivity index (χ0) is 12.7. The van der Waals surface area contributed by atoms with E-state index >= 15 is 0 Å². The normalized spacial score (nSPS) is 12.7. The second kappa shape index (κ2) is 7.80. The molecule has 1 N–H and O–H groups in total. The van der Waals surface area contributed by atoms with Crippen molar-refractivity contribution in [1.29, 1.82) is 0 Å². The van der Waals surface area contributed by atoms with Crippen molar-refractivity contribution in [3.05, 3.63) is 34.1 Å². The van der Waals surface area contributed by atoms with Gasteiger partial charge in [0, 0.05) is 17.6 Å². The molecule has 17 heavy (non-hydrogen) atoms. The molecule has 0 spiro atoms. The van der Waals surface area contributed by atoms with Crippen LogP contribution in [-0.4, -0.2) is 26.3 Å². The van der Waals surface area contributed by atoms with Crippen LogP contribution in [0.1, 0.15) is 18.9 Å². The van der Waals surface area contributed by atoms with Crippen LogP contribution in [0.5, 0.6) is 0 Å². The van der Waals surface area contributed by atoms with E-state index in [1.54, 1.807) is 13.2 Å². The van der Waals surface area contributed by atoms with Gasteiger partial charge in [0.05, 0.1) is 6.61 Å². The first-order valence-electron chi connectivity index (χ1n) is 5.83. The third kappa shape index (κ3) is 5.15. The molecule has 0 aliphatic rings. The summed E-state index contributed by atoms with van der Waals surface area (Å²) in [5.41, 5.74) is 0.749. The first-order valence-corrected chi connectivity index (χ1v) is 6.63. The maximum atomic E-state index is 13.5. The van der Waals surface area contributed by atoms with Gasteiger partial charge in [-0.15, -0.1) is 0 Å². The average Bonchev–Trinajstić information content (AvgIpc) is 2.30. The lowest BCUT2D eigenvalue weighted by Gasteiger charge is -2.17. The summed E-state index contributed by atoms with van der Waals surface area (Å²) in [5.74, 6) is -0.138. The van der Waals surface area contributed by atoms with Crippen LogP contribution in [0.4, 0.5) is 4.39 Å². The number of aryl methyl sites for hydroxylation is 1. The molecule has 1 aromatic carbocycles. The van der Waals surface area contributed by atoms with Gasteiger partial charge in [-0.05, 0) is 43.1 Å². The quantitative estimate of drug-likeness (QED) is 0.835. The maximum Gasteiger partial charge on any atom is 0.126 e. The lowest BCUT2D eigenvalue weighted by molar-refractivity contribution is 0.163. The van der Waals surface area contributed by atoms with Crippen LogP contribution in [-0.2, 0) is 11.2 Å². The largest absolute Gasteiger partial charge is 0.383 e. The number of methoxy groups -OCH3 is 1. The Morgan fingerprint density at radius 1 is 1.47 bits per heavy atom. The lowest BCUT2D eigenvalue weighted by atomic mass is 10.1. The van der Waals surface area contributed by atoms with E-state index in [-0.39, 0.29) is 11.9 Å². The van der Waals surface area contributed by atoms with Gasteiger partial charge in [0.15, 0.2) is 0 Å². The fourth-order valence-electron chi connectivity index (χ4n) is 1.80. The number of hydrogen-bond donors (Lipinski definition) is 1. The summed E-state index contributed by atoms with van der Waals surface area (Å²) in [5, 5.41) is 3.33. The third-order valence-electron chi connectivity index (χ3n) is 2.63. The number of likely N-dealkylation sites (N-methyl/N-ethyl adjacent to an activating group) is 1. The first-order chi connectivity index (χ1) is 8.17. The Balaban J connectivity index is 2.55. The summed E-state index contributed by atoms with van der Waals surface area (Å²) in [7, 11) is 1.68. The highest BCUT2D eigenvalue weighted by atomic mass is 79.9. The van der Waals surface area contributed by atoms with Crippen molar-refractivity contribution in [3.63, 3.8) is 0 Å². The molecule has 0 aromatic heterocycles. The predicted molar refractivity (Wildman–Crippen MR) is 71.8 cm³/mol. The first kappa shape index (κ1) is 14.6. The van der Waals surface area contributed by atoms with Gasteiger partial charge in [0.1, 0.15) is 5.82 Å². The average molecular weight is 304 g/mol. The highest BCUT2D eigenvalue weighted by molar-refractivity contribution is 9.10. The van der Waals surface area contributed by atoms with Gasteiger partial charge < -0.3 is 10.1 Å². The van der Waals surface area contributed by atoms with Crippen LogP contribution in [0.2, 0.25) is 0 Å². The molecule has 0 saturated heterocycles. The van der Waals surface area contributed by atoms with Crippen molar-refractivity contribution >= 4 is 15.9 Å². The van der Waals surface area contributed by atoms with E-state index in [9.17, 15) is 4.39 Å². The van der Waals surface area contributed by atoms with Crippen LogP contribution in [0, 0.1) is 5.82 Å². The Kier molecular flexibility index (Phi) is 6.70. The summed E-state index contributed by atoms with van der Waals surface area (Å²) >= 11 is 3.36. The number of rotatable bonds is 7. The minimum absolute atomic E-state index is 0.138. The predicted octanol–water partition coefficient (Wildman–Crippen LogP) is 3.15. The maximum absolute atomic E-state index is 13.5. The zero-order valence-electron chi connectivity index (χ0n) is 10.3. The van der Waals surface area contributed by atoms with Crippen molar-refractivity contribution in [2.45, 2.75) is 25.8 Å². The standard InChI is InChI=1S/C13H19BrFNO/c1-3-16-12(9-17-2)6-4-10-8-11(14)5-7-13(10)15/h5,7-8,12,16H,3-4,6,9H2,1-2H3. The molecule has 1 unspecified atom stereocenters. The molecule has 2 nitrogen and oxygen atoms in total. The third-order valence-corrected chi connectivity index (χ3v) is 3.12. The molecular formula is C13H19BrFNO. The highest BCUT2D eigenvalue weighted by Crippen LogP contribution is 2.17. The second-order valence-electron chi connectivity index (χ2n) is 3.98. The van der Waals surface area contributed by atoms with Crippen LogP contribution in [0.3, 0.4) is 0 Å². The molecule has 4 heteroatoms. The summed E-state index contributed by atoms with van der Waals surface area (Å²) in [6, 6.07) is 5.34. The summed E-state index contributed by atoms with van der Waals surface area (Å²) in [6.07, 6.45) is 1.58. The van der Waals surface area contributed by atoms with E-state index < -0.39 is 0 Å². The number of benzene rings is 1. The van der Waals surface area contributed by atoms with E-state index in [1.807, 2.05) is 6.07 Å². The van der Waals surface area contributed by atoms with Crippen molar-refractivity contribution in [2.75, 3.05) is 20.3 Å². The van der Waals surface area contributed by atoms with Gasteiger partial charge in [-0.1, -0.05) is 22.9 Å². The lowest BCUT2D eigenvalue weighted by Crippen LogP contribution is -2.33. The molecule has 0 aliphatic heterocycles. The Bertz CT molecular complexity index is 340.